The van der Waals surface area contributed by atoms with Crippen molar-refractivity contribution in [1.29, 1.82) is 0 Å². The zero-order valence-electron chi connectivity index (χ0n) is 49.7. The first-order valence-corrected chi connectivity index (χ1v) is 33.2. The fourth-order valence-corrected chi connectivity index (χ4v) is 10.3. The largest absolute Gasteiger partial charge is 0.462 e. The molecule has 0 rings (SSSR count). The molecule has 0 bridgehead atoms. The smallest absolute Gasteiger partial charge is 0.306 e. The summed E-state index contributed by atoms with van der Waals surface area (Å²) in [5.74, 6) is -0.831. The lowest BCUT2D eigenvalue weighted by Gasteiger charge is -2.18. The van der Waals surface area contributed by atoms with Crippen molar-refractivity contribution < 1.29 is 28.6 Å². The molecule has 0 aliphatic rings. The second-order valence-corrected chi connectivity index (χ2v) is 22.7. The molecular weight excluding hydrogens is 901 g/mol. The third-order valence-corrected chi connectivity index (χ3v) is 15.3. The van der Waals surface area contributed by atoms with Crippen LogP contribution in [0.15, 0.2) is 12.2 Å². The number of unbranched alkanes of at least 4 members (excludes halogenated alkanes) is 49. The molecule has 73 heavy (non-hydrogen) atoms. The van der Waals surface area contributed by atoms with E-state index in [2.05, 4.69) is 32.9 Å². The number of carbonyl (C=O) groups excluding carboxylic acids is 3. The summed E-state index contributed by atoms with van der Waals surface area (Å²) in [5.41, 5.74) is 0. The SMILES string of the molecule is CCCCCCCCCC/C=C\CCCCCCCCCCCCCC(=O)OCC(COC(=O)CCCCCCCCCCCCCCCC)OC(=O)CCCCCCCCCCCCCCCCCCCC. The zero-order chi connectivity index (χ0) is 52.9. The molecule has 0 aliphatic heterocycles. The number of hydrogen-bond acceptors (Lipinski definition) is 6. The van der Waals surface area contributed by atoms with Crippen LogP contribution in [-0.2, 0) is 28.6 Å². The maximum atomic E-state index is 12.9. The minimum atomic E-state index is -0.765. The van der Waals surface area contributed by atoms with E-state index in [1.54, 1.807) is 0 Å². The van der Waals surface area contributed by atoms with Crippen LogP contribution in [0.25, 0.3) is 0 Å². The first-order valence-electron chi connectivity index (χ1n) is 33.2. The van der Waals surface area contributed by atoms with Gasteiger partial charge in [-0.1, -0.05) is 328 Å². The van der Waals surface area contributed by atoms with E-state index < -0.39 is 6.10 Å². The van der Waals surface area contributed by atoms with Gasteiger partial charge in [-0.15, -0.1) is 0 Å². The Morgan fingerprint density at radius 3 is 0.685 bits per heavy atom. The summed E-state index contributed by atoms with van der Waals surface area (Å²) in [6.07, 6.45) is 73.6. The van der Waals surface area contributed by atoms with Crippen molar-refractivity contribution in [3.05, 3.63) is 12.2 Å². The van der Waals surface area contributed by atoms with Gasteiger partial charge in [0, 0.05) is 19.3 Å². The number of hydrogen-bond donors (Lipinski definition) is 0. The van der Waals surface area contributed by atoms with Crippen molar-refractivity contribution in [2.75, 3.05) is 13.2 Å². The Morgan fingerprint density at radius 2 is 0.452 bits per heavy atom. The third-order valence-electron chi connectivity index (χ3n) is 15.3. The average molecular weight is 1030 g/mol. The molecule has 6 nitrogen and oxygen atoms in total. The van der Waals surface area contributed by atoms with Gasteiger partial charge in [0.1, 0.15) is 13.2 Å². The highest BCUT2D eigenvalue weighted by Gasteiger charge is 2.19. The molecule has 0 aliphatic carbocycles. The molecule has 0 spiro atoms. The Balaban J connectivity index is 4.25. The van der Waals surface area contributed by atoms with Crippen LogP contribution >= 0.6 is 0 Å². The first kappa shape index (κ1) is 71.2. The second kappa shape index (κ2) is 62.7. The summed E-state index contributed by atoms with van der Waals surface area (Å²) < 4.78 is 17.0. The third kappa shape index (κ3) is 60.9. The van der Waals surface area contributed by atoms with Crippen molar-refractivity contribution in [1.82, 2.24) is 0 Å². The fourth-order valence-electron chi connectivity index (χ4n) is 10.3. The summed E-state index contributed by atoms with van der Waals surface area (Å²) in [6, 6.07) is 0. The van der Waals surface area contributed by atoms with Crippen LogP contribution in [0.4, 0.5) is 0 Å². The Bertz CT molecular complexity index is 1130. The lowest BCUT2D eigenvalue weighted by Crippen LogP contribution is -2.30. The minimum Gasteiger partial charge on any atom is -0.462 e. The molecule has 0 saturated carbocycles. The molecule has 0 heterocycles. The number of carbonyl (C=O) groups is 3. The van der Waals surface area contributed by atoms with Crippen LogP contribution in [0.1, 0.15) is 380 Å². The van der Waals surface area contributed by atoms with Crippen LogP contribution in [0.2, 0.25) is 0 Å². The molecule has 432 valence electrons. The van der Waals surface area contributed by atoms with Crippen molar-refractivity contribution in [2.45, 2.75) is 386 Å². The topological polar surface area (TPSA) is 78.9 Å². The van der Waals surface area contributed by atoms with Gasteiger partial charge < -0.3 is 14.2 Å². The van der Waals surface area contributed by atoms with Gasteiger partial charge in [0.2, 0.25) is 0 Å². The van der Waals surface area contributed by atoms with Crippen molar-refractivity contribution >= 4 is 17.9 Å². The van der Waals surface area contributed by atoms with E-state index in [1.165, 1.54) is 283 Å². The fraction of sp³-hybridized carbons (Fsp3) is 0.925. The van der Waals surface area contributed by atoms with Crippen LogP contribution < -0.4 is 0 Å². The highest BCUT2D eigenvalue weighted by molar-refractivity contribution is 5.71. The number of allylic oxidation sites excluding steroid dienone is 2. The van der Waals surface area contributed by atoms with Crippen LogP contribution in [0, 0.1) is 0 Å². The van der Waals surface area contributed by atoms with Gasteiger partial charge in [0.15, 0.2) is 6.10 Å². The Morgan fingerprint density at radius 1 is 0.260 bits per heavy atom. The molecular formula is C67H128O6. The van der Waals surface area contributed by atoms with Gasteiger partial charge in [0.25, 0.3) is 0 Å². The van der Waals surface area contributed by atoms with E-state index >= 15 is 0 Å². The predicted molar refractivity (Wildman–Crippen MR) is 317 cm³/mol. The molecule has 0 aromatic rings. The molecule has 0 aromatic heterocycles. The second-order valence-electron chi connectivity index (χ2n) is 22.7. The van der Waals surface area contributed by atoms with Crippen LogP contribution in [0.5, 0.6) is 0 Å². The van der Waals surface area contributed by atoms with Gasteiger partial charge >= 0.3 is 17.9 Å². The van der Waals surface area contributed by atoms with Crippen molar-refractivity contribution in [3.8, 4) is 0 Å². The molecule has 0 radical (unpaired) electrons. The molecule has 0 aromatic carbocycles. The minimum absolute atomic E-state index is 0.0631. The van der Waals surface area contributed by atoms with Gasteiger partial charge in [-0.3, -0.25) is 14.4 Å². The van der Waals surface area contributed by atoms with Crippen LogP contribution in [-0.4, -0.2) is 37.2 Å². The van der Waals surface area contributed by atoms with E-state index in [-0.39, 0.29) is 31.1 Å². The van der Waals surface area contributed by atoms with Crippen molar-refractivity contribution in [3.63, 3.8) is 0 Å². The Kier molecular flexibility index (Phi) is 61.1. The Hall–Kier alpha value is -1.85. The lowest BCUT2D eigenvalue weighted by atomic mass is 10.0. The molecule has 6 heteroatoms. The van der Waals surface area contributed by atoms with E-state index in [4.69, 9.17) is 14.2 Å². The molecule has 0 saturated heterocycles. The zero-order valence-corrected chi connectivity index (χ0v) is 49.7. The van der Waals surface area contributed by atoms with E-state index in [0.717, 1.165) is 57.8 Å². The van der Waals surface area contributed by atoms with Gasteiger partial charge in [-0.25, -0.2) is 0 Å². The summed E-state index contributed by atoms with van der Waals surface area (Å²) >= 11 is 0. The van der Waals surface area contributed by atoms with Gasteiger partial charge in [0.05, 0.1) is 0 Å². The summed E-state index contributed by atoms with van der Waals surface area (Å²) in [4.78, 5) is 38.3. The molecule has 0 N–H and O–H groups in total. The molecule has 1 atom stereocenters. The molecule has 0 fully saturated rings. The summed E-state index contributed by atoms with van der Waals surface area (Å²) in [6.45, 7) is 6.72. The molecule has 1 unspecified atom stereocenters. The number of esters is 3. The number of ether oxygens (including phenoxy) is 3. The highest BCUT2D eigenvalue weighted by atomic mass is 16.6. The van der Waals surface area contributed by atoms with Crippen LogP contribution in [0.3, 0.4) is 0 Å². The highest BCUT2D eigenvalue weighted by Crippen LogP contribution is 2.18. The standard InChI is InChI=1S/C67H128O6/c1-4-7-10-13-16-19-22-25-28-30-32-33-34-35-36-38-39-42-45-48-51-54-57-60-66(69)72-63-64(62-71-65(68)59-56-53-50-47-44-41-27-24-21-18-15-12-9-6-3)73-67(70)61-58-55-52-49-46-43-40-37-31-29-26-23-20-17-14-11-8-5-2/h30,32,64H,4-29,31,33-63H2,1-3H3/b32-30-. The number of rotatable bonds is 62. The maximum absolute atomic E-state index is 12.9. The van der Waals surface area contributed by atoms with Gasteiger partial charge in [-0.05, 0) is 44.9 Å². The lowest BCUT2D eigenvalue weighted by molar-refractivity contribution is -0.167. The molecule has 0 amide bonds. The predicted octanol–water partition coefficient (Wildman–Crippen LogP) is 22.4. The van der Waals surface area contributed by atoms with Gasteiger partial charge in [-0.2, -0.15) is 0 Å². The Labute approximate surface area is 456 Å². The van der Waals surface area contributed by atoms with E-state index in [1.807, 2.05) is 0 Å². The van der Waals surface area contributed by atoms with E-state index in [9.17, 15) is 14.4 Å². The quantitative estimate of drug-likeness (QED) is 0.0261. The monoisotopic (exact) mass is 1030 g/mol. The average Bonchev–Trinajstić information content (AvgIpc) is 3.39. The first-order chi connectivity index (χ1) is 36.0. The summed E-state index contributed by atoms with van der Waals surface area (Å²) in [7, 11) is 0. The maximum Gasteiger partial charge on any atom is 0.306 e. The summed E-state index contributed by atoms with van der Waals surface area (Å²) in [5, 5.41) is 0. The van der Waals surface area contributed by atoms with Crippen molar-refractivity contribution in [2.24, 2.45) is 0 Å². The van der Waals surface area contributed by atoms with E-state index in [0.29, 0.717) is 19.3 Å². The normalized spacial score (nSPS) is 12.0.